The molecule has 13 heteroatoms. The molecule has 336 valence electrons. The van der Waals surface area contributed by atoms with Gasteiger partial charge >= 0.3 is 0 Å². The molecule has 0 amide bonds. The number of fused-ring (bicyclic) bond motifs is 4. The van der Waals surface area contributed by atoms with Gasteiger partial charge in [0, 0.05) is 46.0 Å². The van der Waals surface area contributed by atoms with Gasteiger partial charge in [0.25, 0.3) is 0 Å². The third kappa shape index (κ3) is 9.41. The molecule has 8 rings (SSSR count). The molecular weight excluding hydrogens is 877 g/mol. The molecule has 4 aromatic rings. The molecule has 63 heavy (non-hydrogen) atoms. The highest BCUT2D eigenvalue weighted by Crippen LogP contribution is 2.68. The number of hydrogen-bond donors (Lipinski definition) is 0. The van der Waals surface area contributed by atoms with Crippen LogP contribution in [0.1, 0.15) is 69.2 Å². The van der Waals surface area contributed by atoms with Gasteiger partial charge in [0.2, 0.25) is 42.5 Å². The normalized spacial score (nSPS) is 23.0. The van der Waals surface area contributed by atoms with Crippen LogP contribution in [0.5, 0.6) is 0 Å². The summed E-state index contributed by atoms with van der Waals surface area (Å²) in [6.45, 7) is 9.06. The monoisotopic (exact) mass is 935 g/mol. The maximum absolute atomic E-state index is 14.4. The highest BCUT2D eigenvalue weighted by atomic mass is 35.5. The van der Waals surface area contributed by atoms with Crippen molar-refractivity contribution in [3.05, 3.63) is 121 Å². The van der Waals surface area contributed by atoms with Crippen LogP contribution in [-0.4, -0.2) is 52.4 Å². The van der Waals surface area contributed by atoms with Gasteiger partial charge < -0.3 is 14.6 Å². The van der Waals surface area contributed by atoms with Crippen molar-refractivity contribution in [3.8, 4) is 12.8 Å². The van der Waals surface area contributed by atoms with E-state index >= 15 is 0 Å². The lowest BCUT2D eigenvalue weighted by Crippen LogP contribution is -2.46. The summed E-state index contributed by atoms with van der Waals surface area (Å²) < 4.78 is 24.8. The second kappa shape index (κ2) is 22.5. The molecule has 9 nitrogen and oxygen atoms in total. The molecule has 0 saturated heterocycles. The van der Waals surface area contributed by atoms with E-state index < -0.39 is 76.8 Å². The Labute approximate surface area is 385 Å². The highest BCUT2D eigenvalue weighted by molar-refractivity contribution is 7.93. The van der Waals surface area contributed by atoms with Crippen LogP contribution >= 0.6 is 38.5 Å². The first-order valence-electron chi connectivity index (χ1n) is 20.4. The summed E-state index contributed by atoms with van der Waals surface area (Å²) in [7, 11) is -2.65. The molecule has 0 spiro atoms. The first-order valence-corrected chi connectivity index (χ1v) is 23.8. The zero-order chi connectivity index (χ0) is 47.4. The number of alkyl halides is 1. The molecule has 2 N–H and O–H groups in total. The molecule has 4 aliphatic carbocycles. The minimum Gasteiger partial charge on any atom is -0.412 e. The number of ketones is 4. The second-order valence-corrected chi connectivity index (χ2v) is 21.6. The van der Waals surface area contributed by atoms with E-state index in [9.17, 15) is 33.3 Å². The van der Waals surface area contributed by atoms with Gasteiger partial charge in [0.1, 0.15) is 10.8 Å². The SMILES string of the molecule is C.C#C.CC1(C)C2CCC1(C(=O)Cl)C(=O)C2=O.CC1(C)C2CCC1(C(=O)P(=O)(c1ccccc1)c1ccccc1)C(=O)C2=O.CCCl.COP(c1ccccc1)c1ccccc1.[2H]O. The summed E-state index contributed by atoms with van der Waals surface area (Å²) in [6, 6.07) is 37.9. The number of halogens is 2. The second-order valence-electron chi connectivity index (χ2n) is 16.1. The fraction of sp³-hybridized carbons (Fsp3) is 0.360. The molecule has 0 aliphatic heterocycles. The molecule has 0 aromatic heterocycles. The Balaban J connectivity index is 0.000000326. The van der Waals surface area contributed by atoms with E-state index in [-0.39, 0.29) is 19.8 Å². The van der Waals surface area contributed by atoms with Crippen molar-refractivity contribution < 1.29 is 44.8 Å². The van der Waals surface area contributed by atoms with E-state index in [1.54, 1.807) is 95.5 Å². The van der Waals surface area contributed by atoms with Crippen molar-refractivity contribution in [2.24, 2.45) is 33.5 Å². The average Bonchev–Trinajstić information content (AvgIpc) is 3.85. The summed E-state index contributed by atoms with van der Waals surface area (Å²) in [4.78, 5) is 74.1. The van der Waals surface area contributed by atoms with Gasteiger partial charge in [-0.25, -0.2) is 0 Å². The summed E-state index contributed by atoms with van der Waals surface area (Å²) in [5.41, 5.74) is 1.51. The maximum Gasteiger partial charge on any atom is 0.236 e. The summed E-state index contributed by atoms with van der Waals surface area (Å²) >= 11 is 10.5. The van der Waals surface area contributed by atoms with Crippen LogP contribution < -0.4 is 21.2 Å². The van der Waals surface area contributed by atoms with Crippen molar-refractivity contribution in [1.29, 1.82) is 0 Å². The van der Waals surface area contributed by atoms with Gasteiger partial charge in [-0.3, -0.25) is 28.8 Å². The standard InChI is InChI=1S/C22H21O4P.C13H13OP.C10H11ClO3.C2H5Cl.C2H2.CH4.H2O/c1-21(2)17-13-14-22(21,19(24)18(17)23)20(25)27(26,15-9-5-3-6-10-15)16-11-7-4-8-12-16;1-14-15(12-8-4-2-5-9-12)13-10-6-3-7-11-13;1-9(2)5-3-4-10(9,8(11)14)7(13)6(5)12;1-2-3;1-2;;/h3-12,17H,13-14H2,1-2H3;2-11H,1H3;5H,3-4H2,1-2H3;2H2,1H3;1-2H;1H4;1H2/i/hD. The fourth-order valence-electron chi connectivity index (χ4n) is 9.48. The largest absolute Gasteiger partial charge is 0.412 e. The van der Waals surface area contributed by atoms with Gasteiger partial charge in [-0.2, -0.15) is 0 Å². The predicted octanol–water partition coefficient (Wildman–Crippen LogP) is 8.41. The number of terminal acetylenes is 1. The fourth-order valence-corrected chi connectivity index (χ4v) is 14.5. The number of Topliss-reactive ketones (excluding diaryl/α,β-unsaturated/α-hetero) is 4. The number of rotatable bonds is 8. The smallest absolute Gasteiger partial charge is 0.236 e. The third-order valence-electron chi connectivity index (χ3n) is 12.8. The Morgan fingerprint density at radius 2 is 1.00 bits per heavy atom. The Bertz CT molecular complexity index is 2220. The zero-order valence-electron chi connectivity index (χ0n) is 36.8. The van der Waals surface area contributed by atoms with Crippen molar-refractivity contribution >= 4 is 93.6 Å². The van der Waals surface area contributed by atoms with Gasteiger partial charge in [-0.05, 0) is 48.1 Å². The van der Waals surface area contributed by atoms with Gasteiger partial charge in [-0.15, -0.1) is 24.4 Å². The molecule has 4 unspecified atom stereocenters. The van der Waals surface area contributed by atoms with Crippen molar-refractivity contribution in [2.45, 2.75) is 67.7 Å². The quantitative estimate of drug-likeness (QED) is 0.0425. The Morgan fingerprint density at radius 3 is 1.27 bits per heavy atom. The third-order valence-corrected chi connectivity index (χ3v) is 18.0. The van der Waals surface area contributed by atoms with Crippen LogP contribution in [0.15, 0.2) is 121 Å². The topological polar surface area (TPSA) is 160 Å². The predicted molar refractivity (Wildman–Crippen MR) is 256 cm³/mol. The van der Waals surface area contributed by atoms with E-state index in [0.717, 1.165) is 5.88 Å². The van der Waals surface area contributed by atoms with E-state index in [0.29, 0.717) is 29.9 Å². The van der Waals surface area contributed by atoms with Crippen LogP contribution in [0.2, 0.25) is 0 Å². The Kier molecular flexibility index (Phi) is 18.9. The minimum atomic E-state index is -3.78. The van der Waals surface area contributed by atoms with E-state index in [4.69, 9.17) is 34.6 Å². The van der Waals surface area contributed by atoms with E-state index in [2.05, 4.69) is 37.1 Å². The van der Waals surface area contributed by atoms with Gasteiger partial charge in [-0.1, -0.05) is 163 Å². The molecule has 4 aromatic carbocycles. The summed E-state index contributed by atoms with van der Waals surface area (Å²) in [6.07, 6.45) is 9.82. The number of carbonyl (C=O) groups excluding carboxylic acids is 6. The molecule has 4 fully saturated rings. The van der Waals surface area contributed by atoms with Crippen LogP contribution in [0.25, 0.3) is 0 Å². The lowest BCUT2D eigenvalue weighted by molar-refractivity contribution is -0.145. The molecular formula is C50H58Cl2O9P2. The van der Waals surface area contributed by atoms with Crippen LogP contribution in [-0.2, 0) is 37.9 Å². The van der Waals surface area contributed by atoms with Crippen molar-refractivity contribution in [2.75, 3.05) is 13.0 Å². The summed E-state index contributed by atoms with van der Waals surface area (Å²) in [5, 5.41) is 2.65. The molecule has 4 saturated carbocycles. The first-order chi connectivity index (χ1) is 30.0. The molecule has 4 aliphatic rings. The highest BCUT2D eigenvalue weighted by Gasteiger charge is 2.75. The van der Waals surface area contributed by atoms with Crippen molar-refractivity contribution in [3.63, 3.8) is 0 Å². The maximum atomic E-state index is 14.4. The van der Waals surface area contributed by atoms with E-state index in [1.165, 1.54) is 10.6 Å². The minimum absolute atomic E-state index is 0. The van der Waals surface area contributed by atoms with Crippen LogP contribution in [0, 0.1) is 46.3 Å². The summed E-state index contributed by atoms with van der Waals surface area (Å²) in [5.74, 6) is -2.16. The van der Waals surface area contributed by atoms with Crippen LogP contribution in [0.3, 0.4) is 0 Å². The lowest BCUT2D eigenvalue weighted by Gasteiger charge is -2.36. The van der Waals surface area contributed by atoms with Crippen LogP contribution in [0.4, 0.5) is 0 Å². The number of benzene rings is 4. The van der Waals surface area contributed by atoms with E-state index in [1.807, 2.05) is 43.3 Å². The lowest BCUT2D eigenvalue weighted by atomic mass is 9.70. The molecule has 4 atom stereocenters. The first kappa shape index (κ1) is 53.0. The molecule has 4 bridgehead atoms. The number of carbonyl (C=O) groups is 6. The van der Waals surface area contributed by atoms with Gasteiger partial charge in [0.05, 0.1) is 8.15 Å². The zero-order valence-corrected chi connectivity index (χ0v) is 39.1. The molecule has 0 heterocycles. The van der Waals surface area contributed by atoms with Crippen molar-refractivity contribution in [1.82, 2.24) is 0 Å². The van der Waals surface area contributed by atoms with Gasteiger partial charge in [0.15, 0.2) is 0 Å². The molecule has 0 radical (unpaired) electrons. The number of hydrogen-bond acceptors (Lipinski definition) is 8. The Morgan fingerprint density at radius 1 is 0.698 bits per heavy atom. The Hall–Kier alpha value is -4.38. The average molecular weight is 937 g/mol.